The summed E-state index contributed by atoms with van der Waals surface area (Å²) in [6.07, 6.45) is -2.46. The number of sulfonamides is 1. The zero-order valence-electron chi connectivity index (χ0n) is 30.9. The molecule has 2 aliphatic rings. The maximum absolute atomic E-state index is 15.5. The molecule has 3 atom stereocenters. The molecule has 11 nitrogen and oxygen atoms in total. The number of fused-ring (bicyclic) bond motifs is 2. The fourth-order valence-corrected chi connectivity index (χ4v) is 7.93. The molecule has 0 spiro atoms. The number of pyridine rings is 1. The standard InChI is InChI=1S/C38H37ClF6N8O3S/c1-37(2,47)12-11-21-5-6-22(23-8-10-26(39)30-33(23)53(3)51-36(30)52-57(4,55)56)32(49-21)27(15-18-13-19(40)16-20(41)14-18)50-28(54)17-48-34-29(31(46)35(42)43)24-7-9-25(24)38(34,44)45/h5-6,8,10,13-14,16,24-25,27,35,46,48H,7,9,15,17,47H2,1-4H3,(H,50,54)(H,51,52)/t24-,25+,27-/m0/s1. The minimum absolute atomic E-state index is 0.0524. The van der Waals surface area contributed by atoms with E-state index in [2.05, 4.69) is 32.3 Å². The third-order valence-electron chi connectivity index (χ3n) is 9.62. The van der Waals surface area contributed by atoms with E-state index in [1.165, 1.54) is 17.8 Å². The van der Waals surface area contributed by atoms with Crippen molar-refractivity contribution in [3.05, 3.63) is 87.3 Å². The molecule has 2 aromatic carbocycles. The van der Waals surface area contributed by atoms with E-state index in [9.17, 15) is 30.8 Å². The summed E-state index contributed by atoms with van der Waals surface area (Å²) in [7, 11) is -2.29. The predicted octanol–water partition coefficient (Wildman–Crippen LogP) is 6.23. The second-order valence-electron chi connectivity index (χ2n) is 14.6. The molecule has 2 aliphatic carbocycles. The number of hydrogen-bond acceptors (Lipinski definition) is 8. The number of carbonyl (C=O) groups excluding carboxylic acids is 1. The quantitative estimate of drug-likeness (QED) is 0.0641. The van der Waals surface area contributed by atoms with E-state index >= 15 is 8.78 Å². The number of rotatable bonds is 12. The molecule has 1 saturated carbocycles. The summed E-state index contributed by atoms with van der Waals surface area (Å²) >= 11 is 6.58. The van der Waals surface area contributed by atoms with Crippen LogP contribution in [0.15, 0.2) is 53.7 Å². The van der Waals surface area contributed by atoms with Crippen LogP contribution in [0.5, 0.6) is 0 Å². The molecule has 2 aromatic heterocycles. The zero-order valence-corrected chi connectivity index (χ0v) is 32.4. The molecule has 2 heterocycles. The summed E-state index contributed by atoms with van der Waals surface area (Å²) in [6.45, 7) is 2.45. The molecule has 0 radical (unpaired) electrons. The van der Waals surface area contributed by atoms with Crippen LogP contribution in [0.4, 0.5) is 32.2 Å². The number of nitrogens with one attached hydrogen (secondary N) is 4. The molecular formula is C38H37ClF6N8O3S. The SMILES string of the molecule is Cn1nc(NS(C)(=O)=O)c2c(Cl)ccc(-c3ccc(C#CC(C)(C)N)nc3[C@H](Cc3cc(F)cc(F)c3)NC(=O)CNC3=C(C(=N)C(F)F)[C@H]4CC[C@H]4C3(F)F)c21. The molecule has 57 heavy (non-hydrogen) atoms. The number of benzene rings is 2. The number of nitrogens with zero attached hydrogens (tertiary/aromatic N) is 3. The van der Waals surface area contributed by atoms with Crippen molar-refractivity contribution in [2.45, 2.75) is 57.0 Å². The highest BCUT2D eigenvalue weighted by Crippen LogP contribution is 2.58. The number of aryl methyl sites for hydroxylation is 1. The summed E-state index contributed by atoms with van der Waals surface area (Å²) in [5.74, 6) is -2.99. The summed E-state index contributed by atoms with van der Waals surface area (Å²) < 4.78 is 116. The third kappa shape index (κ3) is 8.75. The molecule has 19 heteroatoms. The van der Waals surface area contributed by atoms with Gasteiger partial charge in [-0.25, -0.2) is 31.0 Å². The van der Waals surface area contributed by atoms with Gasteiger partial charge in [0.15, 0.2) is 5.82 Å². The lowest BCUT2D eigenvalue weighted by Gasteiger charge is -2.35. The average molecular weight is 835 g/mol. The van der Waals surface area contributed by atoms with E-state index in [0.717, 1.165) is 18.4 Å². The number of halogens is 7. The molecule has 0 aliphatic heterocycles. The lowest BCUT2D eigenvalue weighted by Crippen LogP contribution is -2.42. The summed E-state index contributed by atoms with van der Waals surface area (Å²) in [4.78, 5) is 18.5. The Morgan fingerprint density at radius 1 is 1.12 bits per heavy atom. The number of allylic oxidation sites excluding steroid dienone is 2. The molecule has 1 fully saturated rings. The molecule has 4 aromatic rings. The fraction of sp³-hybridized carbons (Fsp3) is 0.368. The van der Waals surface area contributed by atoms with Crippen molar-refractivity contribution in [3.63, 3.8) is 0 Å². The number of carbonyl (C=O) groups is 1. The molecule has 0 unspecified atom stereocenters. The van der Waals surface area contributed by atoms with E-state index in [0.29, 0.717) is 22.7 Å². The molecule has 0 saturated heterocycles. The van der Waals surface area contributed by atoms with E-state index < -0.39 is 86.9 Å². The van der Waals surface area contributed by atoms with Gasteiger partial charge < -0.3 is 16.4 Å². The second-order valence-corrected chi connectivity index (χ2v) is 16.8. The van der Waals surface area contributed by atoms with E-state index in [1.54, 1.807) is 32.0 Å². The van der Waals surface area contributed by atoms with Gasteiger partial charge in [0, 0.05) is 35.7 Å². The van der Waals surface area contributed by atoms with Crippen molar-refractivity contribution in [1.29, 1.82) is 5.41 Å². The first-order valence-corrected chi connectivity index (χ1v) is 19.7. The molecule has 6 N–H and O–H groups in total. The third-order valence-corrected chi connectivity index (χ3v) is 10.5. The van der Waals surface area contributed by atoms with Gasteiger partial charge >= 0.3 is 0 Å². The zero-order chi connectivity index (χ0) is 41.8. The van der Waals surface area contributed by atoms with E-state index in [-0.39, 0.29) is 52.4 Å². The first-order chi connectivity index (χ1) is 26.5. The Bertz CT molecular complexity index is 2490. The van der Waals surface area contributed by atoms with Crippen molar-refractivity contribution in [1.82, 2.24) is 25.4 Å². The molecule has 6 rings (SSSR count). The van der Waals surface area contributed by atoms with E-state index in [4.69, 9.17) is 27.7 Å². The van der Waals surface area contributed by atoms with Crippen LogP contribution in [-0.2, 0) is 28.3 Å². The first-order valence-electron chi connectivity index (χ1n) is 17.5. The number of hydrogen-bond donors (Lipinski definition) is 5. The largest absolute Gasteiger partial charge is 0.374 e. The van der Waals surface area contributed by atoms with Gasteiger partial charge in [-0.2, -0.15) is 13.9 Å². The number of aromatic nitrogens is 3. The van der Waals surface area contributed by atoms with Crippen molar-refractivity contribution in [3.8, 4) is 23.0 Å². The van der Waals surface area contributed by atoms with Crippen molar-refractivity contribution in [2.75, 3.05) is 17.5 Å². The smallest absolute Gasteiger partial charge is 0.290 e. The van der Waals surface area contributed by atoms with Crippen molar-refractivity contribution in [2.24, 2.45) is 24.6 Å². The van der Waals surface area contributed by atoms with Crippen LogP contribution < -0.4 is 21.1 Å². The fourth-order valence-electron chi connectivity index (χ4n) is 7.19. The molecule has 0 bridgehead atoms. The number of nitrogens with two attached hydrogens (primary N) is 1. The minimum Gasteiger partial charge on any atom is -0.374 e. The molecule has 1 amide bonds. The van der Waals surface area contributed by atoms with Crippen LogP contribution in [0.1, 0.15) is 49.7 Å². The molecular weight excluding hydrogens is 798 g/mol. The summed E-state index contributed by atoms with van der Waals surface area (Å²) in [5.41, 5.74) is 3.72. The lowest BCUT2D eigenvalue weighted by atomic mass is 9.71. The Morgan fingerprint density at radius 2 is 1.79 bits per heavy atom. The molecule has 302 valence electrons. The lowest BCUT2D eigenvalue weighted by molar-refractivity contribution is -0.121. The van der Waals surface area contributed by atoms with Gasteiger partial charge in [-0.15, -0.1) is 0 Å². The van der Waals surface area contributed by atoms with Gasteiger partial charge in [-0.05, 0) is 80.8 Å². The normalized spacial score (nSPS) is 18.1. The van der Waals surface area contributed by atoms with Crippen LogP contribution in [0.2, 0.25) is 5.02 Å². The van der Waals surface area contributed by atoms with Gasteiger partial charge in [0.25, 0.3) is 12.3 Å². The highest BCUT2D eigenvalue weighted by molar-refractivity contribution is 7.92. The predicted molar refractivity (Wildman–Crippen MR) is 203 cm³/mol. The van der Waals surface area contributed by atoms with Crippen molar-refractivity contribution >= 4 is 50.0 Å². The highest BCUT2D eigenvalue weighted by atomic mass is 35.5. The van der Waals surface area contributed by atoms with Crippen LogP contribution in [0.3, 0.4) is 0 Å². The number of anilines is 1. The Kier molecular flexibility index (Phi) is 11.2. The Morgan fingerprint density at radius 3 is 2.39 bits per heavy atom. The minimum atomic E-state index is -3.82. The Balaban J connectivity index is 1.48. The first kappa shape index (κ1) is 41.5. The Labute approximate surface area is 329 Å². The number of alkyl halides is 4. The monoisotopic (exact) mass is 834 g/mol. The van der Waals surface area contributed by atoms with Gasteiger partial charge in [0.05, 0.1) is 51.7 Å². The Hall–Kier alpha value is -5.12. The van der Waals surface area contributed by atoms with Gasteiger partial charge in [0.1, 0.15) is 23.0 Å². The van der Waals surface area contributed by atoms with Gasteiger partial charge in [0.2, 0.25) is 15.9 Å². The summed E-state index contributed by atoms with van der Waals surface area (Å²) in [6, 6.07) is 7.68. The maximum atomic E-state index is 15.5. The summed E-state index contributed by atoms with van der Waals surface area (Å²) in [5, 5.41) is 17.6. The van der Waals surface area contributed by atoms with Crippen LogP contribution in [-0.4, -0.2) is 65.5 Å². The van der Waals surface area contributed by atoms with Crippen LogP contribution >= 0.6 is 11.6 Å². The van der Waals surface area contributed by atoms with Crippen LogP contribution in [0, 0.1) is 40.7 Å². The van der Waals surface area contributed by atoms with Crippen molar-refractivity contribution < 1.29 is 39.6 Å². The van der Waals surface area contributed by atoms with Gasteiger partial charge in [-0.3, -0.25) is 19.6 Å². The topological polar surface area (TPSA) is 168 Å². The van der Waals surface area contributed by atoms with Gasteiger partial charge in [-0.1, -0.05) is 23.6 Å². The highest BCUT2D eigenvalue weighted by Gasteiger charge is 2.61. The number of amides is 1. The van der Waals surface area contributed by atoms with E-state index in [1.807, 2.05) is 0 Å². The average Bonchev–Trinajstić information content (AvgIpc) is 3.46. The maximum Gasteiger partial charge on any atom is 0.290 e. The van der Waals surface area contributed by atoms with Crippen LogP contribution in [0.25, 0.3) is 22.0 Å². The second kappa shape index (κ2) is 15.3.